The smallest absolute Gasteiger partial charge is 0.410 e. The number of nitro groups is 1. The van der Waals surface area contributed by atoms with Crippen LogP contribution in [0.15, 0.2) is 18.2 Å². The lowest BCUT2D eigenvalue weighted by atomic mass is 10.0. The highest BCUT2D eigenvalue weighted by Crippen LogP contribution is 2.28. The number of methoxy groups -OCH3 is 1. The molecule has 1 aliphatic heterocycles. The van der Waals surface area contributed by atoms with Gasteiger partial charge in [0.15, 0.2) is 0 Å². The van der Waals surface area contributed by atoms with Gasteiger partial charge in [-0.1, -0.05) is 6.07 Å². The number of carbonyl (C=O) groups is 1. The third-order valence-electron chi connectivity index (χ3n) is 4.20. The molecule has 144 valence electrons. The van der Waals surface area contributed by atoms with Gasteiger partial charge < -0.3 is 19.7 Å². The second-order valence-corrected chi connectivity index (χ2v) is 7.52. The van der Waals surface area contributed by atoms with Crippen LogP contribution in [0.1, 0.15) is 32.8 Å². The van der Waals surface area contributed by atoms with Crippen LogP contribution in [-0.2, 0) is 9.47 Å². The molecular weight excluding hydrogens is 338 g/mol. The summed E-state index contributed by atoms with van der Waals surface area (Å²) in [6.45, 7) is 8.14. The van der Waals surface area contributed by atoms with Crippen LogP contribution in [0, 0.1) is 17.0 Å². The highest BCUT2D eigenvalue weighted by Gasteiger charge is 2.34. The van der Waals surface area contributed by atoms with Gasteiger partial charge in [0.05, 0.1) is 23.6 Å². The monoisotopic (exact) mass is 365 g/mol. The Morgan fingerprint density at radius 3 is 2.65 bits per heavy atom. The molecule has 1 aromatic carbocycles. The molecule has 1 N–H and O–H groups in total. The van der Waals surface area contributed by atoms with Crippen molar-refractivity contribution in [2.75, 3.05) is 25.5 Å². The number of amides is 1. The Bertz CT molecular complexity index is 671. The zero-order valence-electron chi connectivity index (χ0n) is 15.9. The molecule has 1 aliphatic rings. The predicted octanol–water partition coefficient (Wildman–Crippen LogP) is 3.34. The summed E-state index contributed by atoms with van der Waals surface area (Å²) >= 11 is 0. The molecule has 1 aromatic rings. The predicted molar refractivity (Wildman–Crippen MR) is 98.5 cm³/mol. The standard InChI is InChI=1S/C18H27N3O5/c1-12-6-7-13(15(10-12)21(23)24)19-14-8-9-20(11-16(14)25-5)17(22)26-18(2,3)4/h6-7,10,14,16,19H,8-9,11H2,1-5H3/t14-,16-/m0/s1. The number of aryl methyl sites for hydroxylation is 1. The van der Waals surface area contributed by atoms with Crippen LogP contribution < -0.4 is 5.32 Å². The van der Waals surface area contributed by atoms with Crippen molar-refractivity contribution in [3.63, 3.8) is 0 Å². The van der Waals surface area contributed by atoms with Crippen molar-refractivity contribution in [3.05, 3.63) is 33.9 Å². The maximum absolute atomic E-state index is 12.3. The SMILES string of the molecule is CO[C@H]1CN(C(=O)OC(C)(C)C)CC[C@@H]1Nc1ccc(C)cc1[N+](=O)[O-]. The van der Waals surface area contributed by atoms with Crippen molar-refractivity contribution in [2.24, 2.45) is 0 Å². The average molecular weight is 365 g/mol. The fraction of sp³-hybridized carbons (Fsp3) is 0.611. The van der Waals surface area contributed by atoms with Gasteiger partial charge in [-0.2, -0.15) is 0 Å². The molecular formula is C18H27N3O5. The van der Waals surface area contributed by atoms with Crippen LogP contribution in [0.25, 0.3) is 0 Å². The number of hydrogen-bond acceptors (Lipinski definition) is 6. The van der Waals surface area contributed by atoms with Crippen LogP contribution in [0.4, 0.5) is 16.2 Å². The molecule has 0 saturated carbocycles. The lowest BCUT2D eigenvalue weighted by molar-refractivity contribution is -0.384. The molecule has 1 amide bonds. The average Bonchev–Trinajstić information content (AvgIpc) is 2.54. The molecule has 26 heavy (non-hydrogen) atoms. The van der Waals surface area contributed by atoms with E-state index in [0.29, 0.717) is 25.2 Å². The summed E-state index contributed by atoms with van der Waals surface area (Å²) in [5.41, 5.74) is 0.759. The molecule has 0 aliphatic carbocycles. The zero-order valence-corrected chi connectivity index (χ0v) is 15.9. The lowest BCUT2D eigenvalue weighted by Crippen LogP contribution is -2.53. The molecule has 8 heteroatoms. The van der Waals surface area contributed by atoms with E-state index in [2.05, 4.69) is 5.32 Å². The summed E-state index contributed by atoms with van der Waals surface area (Å²) in [5.74, 6) is 0. The molecule has 0 bridgehead atoms. The number of piperidine rings is 1. The summed E-state index contributed by atoms with van der Waals surface area (Å²) < 4.78 is 10.9. The first-order valence-corrected chi connectivity index (χ1v) is 8.63. The Balaban J connectivity index is 2.09. The zero-order chi connectivity index (χ0) is 19.5. The van der Waals surface area contributed by atoms with Gasteiger partial charge in [-0.25, -0.2) is 4.79 Å². The minimum atomic E-state index is -0.558. The van der Waals surface area contributed by atoms with Crippen LogP contribution >= 0.6 is 0 Å². The molecule has 8 nitrogen and oxygen atoms in total. The van der Waals surface area contributed by atoms with E-state index in [1.807, 2.05) is 33.8 Å². The molecule has 2 atom stereocenters. The van der Waals surface area contributed by atoms with Gasteiger partial charge >= 0.3 is 6.09 Å². The number of benzene rings is 1. The Hall–Kier alpha value is -2.35. The van der Waals surface area contributed by atoms with Crippen molar-refractivity contribution >= 4 is 17.5 Å². The molecule has 0 radical (unpaired) electrons. The van der Waals surface area contributed by atoms with Crippen LogP contribution in [0.5, 0.6) is 0 Å². The second-order valence-electron chi connectivity index (χ2n) is 7.52. The first-order valence-electron chi connectivity index (χ1n) is 8.63. The van der Waals surface area contributed by atoms with Crippen LogP contribution in [0.2, 0.25) is 0 Å². The van der Waals surface area contributed by atoms with Crippen LogP contribution in [-0.4, -0.2) is 53.9 Å². The van der Waals surface area contributed by atoms with E-state index in [9.17, 15) is 14.9 Å². The van der Waals surface area contributed by atoms with E-state index in [1.165, 1.54) is 0 Å². The second kappa shape index (κ2) is 7.90. The van der Waals surface area contributed by atoms with Crippen molar-refractivity contribution in [1.29, 1.82) is 0 Å². The van der Waals surface area contributed by atoms with E-state index in [0.717, 1.165) is 5.56 Å². The normalized spacial score (nSPS) is 20.6. The largest absolute Gasteiger partial charge is 0.444 e. The van der Waals surface area contributed by atoms with E-state index in [1.54, 1.807) is 24.1 Å². The highest BCUT2D eigenvalue weighted by atomic mass is 16.6. The third-order valence-corrected chi connectivity index (χ3v) is 4.20. The van der Waals surface area contributed by atoms with E-state index in [4.69, 9.17) is 9.47 Å². The first-order chi connectivity index (χ1) is 12.1. The highest BCUT2D eigenvalue weighted by molar-refractivity contribution is 5.68. The Kier molecular flexibility index (Phi) is 6.07. The molecule has 1 saturated heterocycles. The maximum atomic E-state index is 12.3. The van der Waals surface area contributed by atoms with Crippen molar-refractivity contribution < 1.29 is 19.2 Å². The van der Waals surface area contributed by atoms with E-state index in [-0.39, 0.29) is 23.9 Å². The molecule has 0 aromatic heterocycles. The Morgan fingerprint density at radius 1 is 1.38 bits per heavy atom. The number of nitrogens with one attached hydrogen (secondary N) is 1. The molecule has 2 rings (SSSR count). The number of carbonyl (C=O) groups excluding carboxylic acids is 1. The van der Waals surface area contributed by atoms with Gasteiger partial charge in [-0.15, -0.1) is 0 Å². The van der Waals surface area contributed by atoms with E-state index >= 15 is 0 Å². The summed E-state index contributed by atoms with van der Waals surface area (Å²) in [6.07, 6.45) is -0.0699. The Morgan fingerprint density at radius 2 is 2.08 bits per heavy atom. The quantitative estimate of drug-likeness (QED) is 0.650. The van der Waals surface area contributed by atoms with Gasteiger partial charge in [0, 0.05) is 19.7 Å². The maximum Gasteiger partial charge on any atom is 0.410 e. The topological polar surface area (TPSA) is 93.9 Å². The lowest BCUT2D eigenvalue weighted by Gasteiger charge is -2.38. The third kappa shape index (κ3) is 5.08. The van der Waals surface area contributed by atoms with Crippen molar-refractivity contribution in [2.45, 2.75) is 51.9 Å². The molecule has 0 spiro atoms. The number of rotatable bonds is 4. The van der Waals surface area contributed by atoms with Gasteiger partial charge in [-0.05, 0) is 45.7 Å². The number of ether oxygens (including phenoxy) is 2. The van der Waals surface area contributed by atoms with Crippen LogP contribution in [0.3, 0.4) is 0 Å². The number of hydrogen-bond donors (Lipinski definition) is 1. The van der Waals surface area contributed by atoms with Gasteiger partial charge in [0.2, 0.25) is 0 Å². The molecule has 0 unspecified atom stereocenters. The molecule has 1 heterocycles. The van der Waals surface area contributed by atoms with Gasteiger partial charge in [0.1, 0.15) is 11.3 Å². The summed E-state index contributed by atoms with van der Waals surface area (Å²) in [7, 11) is 1.57. The van der Waals surface area contributed by atoms with E-state index < -0.39 is 10.5 Å². The van der Waals surface area contributed by atoms with Crippen molar-refractivity contribution in [1.82, 2.24) is 4.90 Å². The number of nitrogens with zero attached hydrogens (tertiary/aromatic N) is 2. The Labute approximate surface area is 153 Å². The number of likely N-dealkylation sites (tertiary alicyclic amines) is 1. The summed E-state index contributed by atoms with van der Waals surface area (Å²) in [6, 6.07) is 4.94. The number of nitro benzene ring substituents is 1. The van der Waals surface area contributed by atoms with Gasteiger partial charge in [-0.3, -0.25) is 10.1 Å². The van der Waals surface area contributed by atoms with Gasteiger partial charge in [0.25, 0.3) is 5.69 Å². The minimum absolute atomic E-state index is 0.0365. The summed E-state index contributed by atoms with van der Waals surface area (Å²) in [5, 5.41) is 14.5. The molecule has 1 fully saturated rings. The number of anilines is 1. The van der Waals surface area contributed by atoms with Crippen molar-refractivity contribution in [3.8, 4) is 0 Å². The first kappa shape index (κ1) is 20.0. The fourth-order valence-corrected chi connectivity index (χ4v) is 2.93. The minimum Gasteiger partial charge on any atom is -0.444 e. The summed E-state index contributed by atoms with van der Waals surface area (Å²) in [4.78, 5) is 24.8. The fourth-order valence-electron chi connectivity index (χ4n) is 2.93.